The van der Waals surface area contributed by atoms with Gasteiger partial charge in [-0.2, -0.15) is 0 Å². The van der Waals surface area contributed by atoms with Crippen LogP contribution in [0.2, 0.25) is 0 Å². The SMILES string of the molecule is CO[C@H]1CC[C@@H](C)NC1. The molecule has 1 rings (SSSR count). The fourth-order valence-corrected chi connectivity index (χ4v) is 1.17. The Balaban J connectivity index is 2.18. The van der Waals surface area contributed by atoms with Gasteiger partial charge in [-0.25, -0.2) is 0 Å². The van der Waals surface area contributed by atoms with Gasteiger partial charge in [0.15, 0.2) is 0 Å². The number of piperidine rings is 1. The van der Waals surface area contributed by atoms with Crippen LogP contribution in [0.4, 0.5) is 0 Å². The van der Waals surface area contributed by atoms with Crippen molar-refractivity contribution in [3.05, 3.63) is 0 Å². The molecule has 0 bridgehead atoms. The van der Waals surface area contributed by atoms with Crippen LogP contribution in [0.3, 0.4) is 0 Å². The van der Waals surface area contributed by atoms with Crippen LogP contribution in [0, 0.1) is 0 Å². The monoisotopic (exact) mass is 129 g/mol. The molecule has 0 aromatic carbocycles. The quantitative estimate of drug-likeness (QED) is 0.564. The van der Waals surface area contributed by atoms with E-state index in [-0.39, 0.29) is 0 Å². The fraction of sp³-hybridized carbons (Fsp3) is 1.00. The number of rotatable bonds is 1. The molecule has 0 unspecified atom stereocenters. The summed E-state index contributed by atoms with van der Waals surface area (Å²) in [6, 6.07) is 0.691. The second-order valence-electron chi connectivity index (χ2n) is 2.74. The smallest absolute Gasteiger partial charge is 0.0696 e. The summed E-state index contributed by atoms with van der Waals surface area (Å²) in [5.41, 5.74) is 0. The van der Waals surface area contributed by atoms with Crippen LogP contribution >= 0.6 is 0 Å². The molecule has 0 saturated carbocycles. The predicted octanol–water partition coefficient (Wildman–Crippen LogP) is 0.773. The lowest BCUT2D eigenvalue weighted by molar-refractivity contribution is 0.0724. The second kappa shape index (κ2) is 3.18. The normalized spacial score (nSPS) is 36.7. The van der Waals surface area contributed by atoms with E-state index in [2.05, 4.69) is 12.2 Å². The van der Waals surface area contributed by atoms with Gasteiger partial charge in [-0.05, 0) is 19.8 Å². The van der Waals surface area contributed by atoms with Gasteiger partial charge < -0.3 is 10.1 Å². The Labute approximate surface area is 56.6 Å². The molecule has 2 nitrogen and oxygen atoms in total. The van der Waals surface area contributed by atoms with Crippen LogP contribution in [0.15, 0.2) is 0 Å². The number of nitrogens with one attached hydrogen (secondary N) is 1. The molecule has 1 N–H and O–H groups in total. The minimum atomic E-state index is 0.459. The topological polar surface area (TPSA) is 21.3 Å². The summed E-state index contributed by atoms with van der Waals surface area (Å²) < 4.78 is 5.18. The van der Waals surface area contributed by atoms with Gasteiger partial charge in [-0.3, -0.25) is 0 Å². The Morgan fingerprint density at radius 3 is 2.67 bits per heavy atom. The molecule has 0 aromatic heterocycles. The number of methoxy groups -OCH3 is 1. The molecule has 0 spiro atoms. The zero-order valence-corrected chi connectivity index (χ0v) is 6.18. The highest BCUT2D eigenvalue weighted by molar-refractivity contribution is 4.74. The number of ether oxygens (including phenoxy) is 1. The molecule has 9 heavy (non-hydrogen) atoms. The molecule has 1 saturated heterocycles. The van der Waals surface area contributed by atoms with Gasteiger partial charge in [-0.1, -0.05) is 0 Å². The van der Waals surface area contributed by atoms with Crippen molar-refractivity contribution in [1.82, 2.24) is 5.32 Å². The van der Waals surface area contributed by atoms with Gasteiger partial charge in [0.05, 0.1) is 6.10 Å². The third-order valence-corrected chi connectivity index (χ3v) is 1.95. The average molecular weight is 129 g/mol. The van der Waals surface area contributed by atoms with E-state index in [0.29, 0.717) is 12.1 Å². The Bertz CT molecular complexity index is 77.0. The van der Waals surface area contributed by atoms with Crippen LogP contribution in [0.1, 0.15) is 19.8 Å². The van der Waals surface area contributed by atoms with E-state index in [4.69, 9.17) is 4.74 Å². The Morgan fingerprint density at radius 1 is 1.44 bits per heavy atom. The summed E-state index contributed by atoms with van der Waals surface area (Å²) in [7, 11) is 1.78. The van der Waals surface area contributed by atoms with Gasteiger partial charge in [0.25, 0.3) is 0 Å². The van der Waals surface area contributed by atoms with Crippen LogP contribution in [0.5, 0.6) is 0 Å². The van der Waals surface area contributed by atoms with Gasteiger partial charge in [0, 0.05) is 19.7 Å². The molecule has 2 heteroatoms. The zero-order chi connectivity index (χ0) is 6.69. The summed E-state index contributed by atoms with van der Waals surface area (Å²) in [6.45, 7) is 3.24. The van der Waals surface area contributed by atoms with Crippen molar-refractivity contribution in [1.29, 1.82) is 0 Å². The van der Waals surface area contributed by atoms with Crippen molar-refractivity contribution in [2.75, 3.05) is 13.7 Å². The van der Waals surface area contributed by atoms with Crippen molar-refractivity contribution >= 4 is 0 Å². The van der Waals surface area contributed by atoms with E-state index in [1.54, 1.807) is 7.11 Å². The van der Waals surface area contributed by atoms with Crippen LogP contribution in [-0.2, 0) is 4.74 Å². The standard InChI is InChI=1S/C7H15NO/c1-6-3-4-7(9-2)5-8-6/h6-8H,3-5H2,1-2H3/t6-,7+/m1/s1. The summed E-state index contributed by atoms with van der Waals surface area (Å²) in [6.07, 6.45) is 2.92. The van der Waals surface area contributed by atoms with Gasteiger partial charge in [-0.15, -0.1) is 0 Å². The lowest BCUT2D eigenvalue weighted by atomic mass is 10.0. The highest BCUT2D eigenvalue weighted by Gasteiger charge is 2.15. The van der Waals surface area contributed by atoms with E-state index < -0.39 is 0 Å². The molecular weight excluding hydrogens is 114 g/mol. The minimum absolute atomic E-state index is 0.459. The minimum Gasteiger partial charge on any atom is -0.380 e. The molecular formula is C7H15NO. The molecule has 2 atom stereocenters. The molecule has 0 aromatic rings. The van der Waals surface area contributed by atoms with Crippen LogP contribution < -0.4 is 5.32 Å². The summed E-state index contributed by atoms with van der Waals surface area (Å²) in [5, 5.41) is 3.36. The molecule has 0 aliphatic carbocycles. The molecule has 1 aliphatic heterocycles. The Hall–Kier alpha value is -0.0800. The fourth-order valence-electron chi connectivity index (χ4n) is 1.17. The molecule has 0 radical (unpaired) electrons. The first-order valence-corrected chi connectivity index (χ1v) is 3.59. The van der Waals surface area contributed by atoms with E-state index in [9.17, 15) is 0 Å². The summed E-state index contributed by atoms with van der Waals surface area (Å²) in [4.78, 5) is 0. The molecule has 54 valence electrons. The summed E-state index contributed by atoms with van der Waals surface area (Å²) in [5.74, 6) is 0. The first-order valence-electron chi connectivity index (χ1n) is 3.59. The highest BCUT2D eigenvalue weighted by Crippen LogP contribution is 2.08. The maximum atomic E-state index is 5.18. The lowest BCUT2D eigenvalue weighted by Crippen LogP contribution is -2.40. The molecule has 0 amide bonds. The number of hydrogen-bond acceptors (Lipinski definition) is 2. The third kappa shape index (κ3) is 1.95. The maximum absolute atomic E-state index is 5.18. The van der Waals surface area contributed by atoms with Gasteiger partial charge in [0.2, 0.25) is 0 Å². The van der Waals surface area contributed by atoms with Crippen molar-refractivity contribution < 1.29 is 4.74 Å². The van der Waals surface area contributed by atoms with Crippen molar-refractivity contribution in [3.8, 4) is 0 Å². The van der Waals surface area contributed by atoms with Crippen LogP contribution in [0.25, 0.3) is 0 Å². The van der Waals surface area contributed by atoms with Gasteiger partial charge >= 0.3 is 0 Å². The number of hydrogen-bond donors (Lipinski definition) is 1. The van der Waals surface area contributed by atoms with E-state index >= 15 is 0 Å². The van der Waals surface area contributed by atoms with Crippen LogP contribution in [-0.4, -0.2) is 25.8 Å². The third-order valence-electron chi connectivity index (χ3n) is 1.95. The van der Waals surface area contributed by atoms with Crippen molar-refractivity contribution in [2.24, 2.45) is 0 Å². The average Bonchev–Trinajstić information content (AvgIpc) is 1.90. The predicted molar refractivity (Wildman–Crippen MR) is 37.5 cm³/mol. The van der Waals surface area contributed by atoms with Crippen molar-refractivity contribution in [2.45, 2.75) is 31.9 Å². The Kier molecular flexibility index (Phi) is 2.49. The molecule has 1 fully saturated rings. The summed E-state index contributed by atoms with van der Waals surface area (Å²) >= 11 is 0. The maximum Gasteiger partial charge on any atom is 0.0696 e. The highest BCUT2D eigenvalue weighted by atomic mass is 16.5. The molecule has 1 aliphatic rings. The Morgan fingerprint density at radius 2 is 2.22 bits per heavy atom. The zero-order valence-electron chi connectivity index (χ0n) is 6.18. The first kappa shape index (κ1) is 7.03. The van der Waals surface area contributed by atoms with E-state index in [1.807, 2.05) is 0 Å². The van der Waals surface area contributed by atoms with Gasteiger partial charge in [0.1, 0.15) is 0 Å². The molecule has 1 heterocycles. The first-order chi connectivity index (χ1) is 4.33. The van der Waals surface area contributed by atoms with E-state index in [0.717, 1.165) is 6.54 Å². The second-order valence-corrected chi connectivity index (χ2v) is 2.74. The van der Waals surface area contributed by atoms with Crippen molar-refractivity contribution in [3.63, 3.8) is 0 Å². The largest absolute Gasteiger partial charge is 0.380 e. The van der Waals surface area contributed by atoms with E-state index in [1.165, 1.54) is 12.8 Å². The lowest BCUT2D eigenvalue weighted by Gasteiger charge is -2.26.